The van der Waals surface area contributed by atoms with E-state index in [1.807, 2.05) is 0 Å². The predicted octanol–water partition coefficient (Wildman–Crippen LogP) is 1.29. The van der Waals surface area contributed by atoms with Gasteiger partial charge in [0.2, 0.25) is 0 Å². The lowest BCUT2D eigenvalue weighted by molar-refractivity contribution is -0.191. The van der Waals surface area contributed by atoms with E-state index in [0.29, 0.717) is 11.1 Å². The van der Waals surface area contributed by atoms with Crippen LogP contribution >= 0.6 is 0 Å². The molecular weight excluding hydrogens is 279 g/mol. The number of phenols is 1. The molecule has 5 nitrogen and oxygen atoms in total. The van der Waals surface area contributed by atoms with Crippen molar-refractivity contribution in [3.8, 4) is 5.75 Å². The minimum Gasteiger partial charge on any atom is -0.508 e. The molecule has 0 aromatic heterocycles. The van der Waals surface area contributed by atoms with Gasteiger partial charge in [-0.2, -0.15) is 13.2 Å². The van der Waals surface area contributed by atoms with Gasteiger partial charge >= 0.3 is 18.1 Å². The van der Waals surface area contributed by atoms with E-state index < -0.39 is 30.6 Å². The fraction of sp³-hybridized carbons (Fsp3) is 0.333. The number of benzene rings is 1. The van der Waals surface area contributed by atoms with E-state index in [4.69, 9.17) is 5.11 Å². The molecule has 2 N–H and O–H groups in total. The maximum atomic E-state index is 12.5. The third-order valence-corrected chi connectivity index (χ3v) is 3.11. The number of rotatable bonds is 1. The highest BCUT2D eigenvalue weighted by Gasteiger charge is 2.47. The van der Waals surface area contributed by atoms with Gasteiger partial charge in [-0.3, -0.25) is 4.79 Å². The number of aromatic hydroxyl groups is 1. The summed E-state index contributed by atoms with van der Waals surface area (Å²) in [6.45, 7) is -0.501. The number of carboxylic acid groups (broad SMARTS) is 1. The molecule has 0 bridgehead atoms. The molecule has 0 saturated heterocycles. The molecule has 20 heavy (non-hydrogen) atoms. The van der Waals surface area contributed by atoms with E-state index in [9.17, 15) is 27.9 Å². The first-order chi connectivity index (χ1) is 9.20. The van der Waals surface area contributed by atoms with Crippen molar-refractivity contribution in [2.75, 3.05) is 0 Å². The maximum Gasteiger partial charge on any atom is 0.471 e. The van der Waals surface area contributed by atoms with Crippen LogP contribution in [0.3, 0.4) is 0 Å². The lowest BCUT2D eigenvalue weighted by Gasteiger charge is -2.34. The van der Waals surface area contributed by atoms with Crippen LogP contribution in [0.1, 0.15) is 11.1 Å². The number of hydrogen-bond donors (Lipinski definition) is 2. The number of fused-ring (bicyclic) bond motifs is 1. The first-order valence-corrected chi connectivity index (χ1v) is 5.61. The van der Waals surface area contributed by atoms with E-state index in [0.717, 1.165) is 0 Å². The summed E-state index contributed by atoms with van der Waals surface area (Å²) in [6.07, 6.45) is -5.37. The van der Waals surface area contributed by atoms with Crippen molar-refractivity contribution in [3.05, 3.63) is 29.3 Å². The van der Waals surface area contributed by atoms with Gasteiger partial charge < -0.3 is 15.1 Å². The van der Waals surface area contributed by atoms with E-state index in [1.165, 1.54) is 18.2 Å². The Kier molecular flexibility index (Phi) is 3.33. The Morgan fingerprint density at radius 2 is 1.90 bits per heavy atom. The van der Waals surface area contributed by atoms with Crippen LogP contribution < -0.4 is 0 Å². The van der Waals surface area contributed by atoms with Crippen molar-refractivity contribution in [1.82, 2.24) is 4.90 Å². The van der Waals surface area contributed by atoms with Crippen molar-refractivity contribution in [1.29, 1.82) is 0 Å². The van der Waals surface area contributed by atoms with Crippen LogP contribution in [-0.2, 0) is 22.6 Å². The summed E-state index contributed by atoms with van der Waals surface area (Å²) < 4.78 is 37.5. The van der Waals surface area contributed by atoms with Crippen molar-refractivity contribution in [2.45, 2.75) is 25.2 Å². The highest BCUT2D eigenvalue weighted by Crippen LogP contribution is 2.30. The Morgan fingerprint density at radius 1 is 1.25 bits per heavy atom. The lowest BCUT2D eigenvalue weighted by atomic mass is 9.93. The van der Waals surface area contributed by atoms with Crippen LogP contribution in [-0.4, -0.2) is 39.2 Å². The number of alkyl halides is 3. The van der Waals surface area contributed by atoms with E-state index in [-0.39, 0.29) is 17.1 Å². The molecule has 0 spiro atoms. The number of halogens is 3. The molecule has 1 aromatic carbocycles. The van der Waals surface area contributed by atoms with Gasteiger partial charge in [0.05, 0.1) is 0 Å². The Labute approximate surface area is 111 Å². The van der Waals surface area contributed by atoms with Gasteiger partial charge in [-0.05, 0) is 23.3 Å². The van der Waals surface area contributed by atoms with Gasteiger partial charge in [0.25, 0.3) is 0 Å². The number of carbonyl (C=O) groups is 2. The second kappa shape index (κ2) is 4.69. The minimum absolute atomic E-state index is 0.156. The zero-order valence-corrected chi connectivity index (χ0v) is 10.0. The first kappa shape index (κ1) is 14.2. The normalized spacial score (nSPS) is 18.6. The summed E-state index contributed by atoms with van der Waals surface area (Å²) in [5.74, 6) is -3.85. The molecule has 0 fully saturated rings. The number of carboxylic acids is 1. The van der Waals surface area contributed by atoms with Gasteiger partial charge in [-0.25, -0.2) is 4.79 Å². The van der Waals surface area contributed by atoms with Crippen LogP contribution in [0.25, 0.3) is 0 Å². The zero-order chi connectivity index (χ0) is 15.1. The van der Waals surface area contributed by atoms with Crippen LogP contribution in [0.4, 0.5) is 13.2 Å². The number of carbonyl (C=O) groups excluding carboxylic acids is 1. The Morgan fingerprint density at radius 3 is 2.45 bits per heavy atom. The molecule has 8 heteroatoms. The quantitative estimate of drug-likeness (QED) is 0.816. The molecular formula is C12H10F3NO4. The fourth-order valence-corrected chi connectivity index (χ4v) is 2.17. The topological polar surface area (TPSA) is 77.8 Å². The lowest BCUT2D eigenvalue weighted by Crippen LogP contribution is -2.52. The molecule has 108 valence electrons. The van der Waals surface area contributed by atoms with Gasteiger partial charge in [-0.15, -0.1) is 0 Å². The van der Waals surface area contributed by atoms with E-state index >= 15 is 0 Å². The Hall–Kier alpha value is -2.25. The molecule has 1 aliphatic rings. The molecule has 1 amide bonds. The zero-order valence-electron chi connectivity index (χ0n) is 10.0. The highest BCUT2D eigenvalue weighted by atomic mass is 19.4. The van der Waals surface area contributed by atoms with Gasteiger partial charge in [0.15, 0.2) is 0 Å². The number of phenolic OH excluding ortho intramolecular Hbond substituents is 1. The van der Waals surface area contributed by atoms with Gasteiger partial charge in [0, 0.05) is 13.0 Å². The van der Waals surface area contributed by atoms with Crippen LogP contribution in [0, 0.1) is 0 Å². The summed E-state index contributed by atoms with van der Waals surface area (Å²) in [6, 6.07) is 2.42. The largest absolute Gasteiger partial charge is 0.508 e. The Balaban J connectivity index is 2.40. The number of nitrogens with zero attached hydrogens (tertiary/aromatic N) is 1. The monoisotopic (exact) mass is 289 g/mol. The predicted molar refractivity (Wildman–Crippen MR) is 59.8 cm³/mol. The Bertz CT molecular complexity index is 570. The summed E-state index contributed by atoms with van der Waals surface area (Å²) >= 11 is 0. The molecule has 0 unspecified atom stereocenters. The number of aliphatic carboxylic acids is 1. The third kappa shape index (κ3) is 2.54. The molecule has 1 aliphatic heterocycles. The van der Waals surface area contributed by atoms with E-state index in [1.54, 1.807) is 0 Å². The fourth-order valence-electron chi connectivity index (χ4n) is 2.17. The van der Waals surface area contributed by atoms with Crippen LogP contribution in [0.2, 0.25) is 0 Å². The summed E-state index contributed by atoms with van der Waals surface area (Å²) in [7, 11) is 0. The maximum absolute atomic E-state index is 12.5. The number of amides is 1. The van der Waals surface area contributed by atoms with Crippen molar-refractivity contribution in [2.24, 2.45) is 0 Å². The van der Waals surface area contributed by atoms with Crippen molar-refractivity contribution < 1.29 is 33.0 Å². The van der Waals surface area contributed by atoms with Crippen LogP contribution in [0.15, 0.2) is 18.2 Å². The minimum atomic E-state index is -5.14. The number of hydrogen-bond acceptors (Lipinski definition) is 3. The second-order valence-corrected chi connectivity index (χ2v) is 4.44. The molecule has 1 aromatic rings. The third-order valence-electron chi connectivity index (χ3n) is 3.11. The van der Waals surface area contributed by atoms with Gasteiger partial charge in [0.1, 0.15) is 11.8 Å². The van der Waals surface area contributed by atoms with Gasteiger partial charge in [-0.1, -0.05) is 6.07 Å². The van der Waals surface area contributed by atoms with Crippen LogP contribution in [0.5, 0.6) is 5.75 Å². The van der Waals surface area contributed by atoms with Crippen molar-refractivity contribution in [3.63, 3.8) is 0 Å². The average molecular weight is 289 g/mol. The van der Waals surface area contributed by atoms with E-state index in [2.05, 4.69) is 0 Å². The average Bonchev–Trinajstić information content (AvgIpc) is 2.34. The summed E-state index contributed by atoms with van der Waals surface area (Å²) in [5.41, 5.74) is 0.807. The molecule has 0 saturated carbocycles. The summed E-state index contributed by atoms with van der Waals surface area (Å²) in [5, 5.41) is 18.3. The smallest absolute Gasteiger partial charge is 0.471 e. The second-order valence-electron chi connectivity index (χ2n) is 4.44. The molecule has 0 aliphatic carbocycles. The standard InChI is InChI=1S/C12H10F3NO4/c13-12(14,15)11(20)16-5-7-3-8(17)2-1-6(7)4-9(16)10(18)19/h1-3,9,17H,4-5H2,(H,18,19)/t9-/m0/s1. The SMILES string of the molecule is O=C(O)[C@@H]1Cc2ccc(O)cc2CN1C(=O)C(F)(F)F. The highest BCUT2D eigenvalue weighted by molar-refractivity contribution is 5.87. The molecule has 0 radical (unpaired) electrons. The summed E-state index contributed by atoms with van der Waals surface area (Å²) in [4.78, 5) is 22.6. The first-order valence-electron chi connectivity index (χ1n) is 5.61. The molecule has 1 atom stereocenters. The van der Waals surface area contributed by atoms with Crippen molar-refractivity contribution >= 4 is 11.9 Å². The molecule has 1 heterocycles. The molecule has 2 rings (SSSR count).